The monoisotopic (exact) mass is 291 g/mol. The number of hydrogen-bond donors (Lipinski definition) is 1. The molecule has 0 saturated carbocycles. The molecule has 0 aromatic carbocycles. The van der Waals surface area contributed by atoms with Gasteiger partial charge in [0.05, 0.1) is 36.7 Å². The lowest BCUT2D eigenvalue weighted by Crippen LogP contribution is -2.44. The van der Waals surface area contributed by atoms with E-state index in [0.29, 0.717) is 26.1 Å². The van der Waals surface area contributed by atoms with Gasteiger partial charge in [0.15, 0.2) is 9.84 Å². The van der Waals surface area contributed by atoms with Gasteiger partial charge in [0.1, 0.15) is 0 Å². The molecular formula is C12H21NO5S. The van der Waals surface area contributed by atoms with Gasteiger partial charge in [0, 0.05) is 13.1 Å². The van der Waals surface area contributed by atoms with Crippen LogP contribution >= 0.6 is 0 Å². The van der Waals surface area contributed by atoms with Gasteiger partial charge in [-0.25, -0.2) is 8.42 Å². The molecule has 0 aromatic heterocycles. The Labute approximate surface area is 113 Å². The van der Waals surface area contributed by atoms with Gasteiger partial charge in [-0.15, -0.1) is 0 Å². The summed E-state index contributed by atoms with van der Waals surface area (Å²) in [5.74, 6) is -0.228. The van der Waals surface area contributed by atoms with E-state index in [-0.39, 0.29) is 36.0 Å². The molecule has 7 heteroatoms. The predicted octanol–water partition coefficient (Wildman–Crippen LogP) is -0.579. The normalized spacial score (nSPS) is 27.6. The third-order valence-electron chi connectivity index (χ3n) is 3.78. The van der Waals surface area contributed by atoms with Crippen molar-refractivity contribution < 1.29 is 23.1 Å². The second-order valence-electron chi connectivity index (χ2n) is 5.22. The standard InChI is InChI=1S/C12H21NO5S/c14-6-7-18-11-1-4-13(5-2-11)12(15)10-3-8-19(16,17)9-10/h10-11,14H,1-9H2. The van der Waals surface area contributed by atoms with E-state index in [0.717, 1.165) is 12.8 Å². The summed E-state index contributed by atoms with van der Waals surface area (Å²) in [6, 6.07) is 0. The molecule has 2 rings (SSSR count). The van der Waals surface area contributed by atoms with E-state index < -0.39 is 9.84 Å². The highest BCUT2D eigenvalue weighted by molar-refractivity contribution is 7.91. The minimum absolute atomic E-state index is 0.00672. The molecule has 6 nitrogen and oxygen atoms in total. The lowest BCUT2D eigenvalue weighted by Gasteiger charge is -2.33. The van der Waals surface area contributed by atoms with Crippen LogP contribution in [0.2, 0.25) is 0 Å². The van der Waals surface area contributed by atoms with Crippen LogP contribution in [0.25, 0.3) is 0 Å². The quantitative estimate of drug-likeness (QED) is 0.749. The van der Waals surface area contributed by atoms with Crippen molar-refractivity contribution >= 4 is 15.7 Å². The number of likely N-dealkylation sites (tertiary alicyclic amines) is 1. The molecule has 0 bridgehead atoms. The maximum absolute atomic E-state index is 12.2. The van der Waals surface area contributed by atoms with Crippen LogP contribution in [0.15, 0.2) is 0 Å². The molecule has 110 valence electrons. The van der Waals surface area contributed by atoms with Crippen molar-refractivity contribution in [3.63, 3.8) is 0 Å². The summed E-state index contributed by atoms with van der Waals surface area (Å²) >= 11 is 0. The molecule has 2 aliphatic heterocycles. The zero-order chi connectivity index (χ0) is 13.9. The number of rotatable bonds is 4. The van der Waals surface area contributed by atoms with Crippen molar-refractivity contribution in [3.8, 4) is 0 Å². The summed E-state index contributed by atoms with van der Waals surface area (Å²) in [6.45, 7) is 1.58. The molecule has 2 heterocycles. The van der Waals surface area contributed by atoms with Crippen molar-refractivity contribution in [1.82, 2.24) is 4.90 Å². The first-order valence-corrected chi connectivity index (χ1v) is 8.55. The topological polar surface area (TPSA) is 83.9 Å². The van der Waals surface area contributed by atoms with Crippen molar-refractivity contribution in [3.05, 3.63) is 0 Å². The molecule has 2 aliphatic rings. The molecule has 2 saturated heterocycles. The molecule has 1 N–H and O–H groups in total. The van der Waals surface area contributed by atoms with Crippen LogP contribution in [0.4, 0.5) is 0 Å². The number of piperidine rings is 1. The average Bonchev–Trinajstić information content (AvgIpc) is 2.76. The molecule has 19 heavy (non-hydrogen) atoms. The maximum Gasteiger partial charge on any atom is 0.226 e. The SMILES string of the molecule is O=C(C1CCS(=O)(=O)C1)N1CCC(OCCO)CC1. The molecule has 2 fully saturated rings. The number of carbonyl (C=O) groups is 1. The fraction of sp³-hybridized carbons (Fsp3) is 0.917. The van der Waals surface area contributed by atoms with Crippen LogP contribution < -0.4 is 0 Å². The van der Waals surface area contributed by atoms with E-state index >= 15 is 0 Å². The highest BCUT2D eigenvalue weighted by atomic mass is 32.2. The van der Waals surface area contributed by atoms with Gasteiger partial charge < -0.3 is 14.7 Å². The number of nitrogens with zero attached hydrogens (tertiary/aromatic N) is 1. The first kappa shape index (κ1) is 14.7. The number of sulfone groups is 1. The minimum atomic E-state index is -3.00. The molecule has 1 atom stereocenters. The van der Waals surface area contributed by atoms with E-state index in [1.807, 2.05) is 0 Å². The Morgan fingerprint density at radius 1 is 1.26 bits per heavy atom. The number of ether oxygens (including phenoxy) is 1. The average molecular weight is 291 g/mol. The molecule has 0 aromatic rings. The van der Waals surface area contributed by atoms with Gasteiger partial charge in [-0.05, 0) is 19.3 Å². The summed E-state index contributed by atoms with van der Waals surface area (Å²) in [7, 11) is -3.00. The van der Waals surface area contributed by atoms with Gasteiger partial charge >= 0.3 is 0 Å². The third-order valence-corrected chi connectivity index (χ3v) is 5.55. The summed E-state index contributed by atoms with van der Waals surface area (Å²) in [6.07, 6.45) is 2.07. The largest absolute Gasteiger partial charge is 0.394 e. The Morgan fingerprint density at radius 3 is 2.47 bits per heavy atom. The smallest absolute Gasteiger partial charge is 0.226 e. The number of carbonyl (C=O) groups excluding carboxylic acids is 1. The van der Waals surface area contributed by atoms with Crippen LogP contribution in [0.5, 0.6) is 0 Å². The first-order chi connectivity index (χ1) is 9.02. The summed E-state index contributed by atoms with van der Waals surface area (Å²) < 4.78 is 28.2. The van der Waals surface area contributed by atoms with Crippen molar-refractivity contribution in [2.45, 2.75) is 25.4 Å². The Kier molecular flexibility index (Phi) is 4.81. The van der Waals surface area contributed by atoms with E-state index in [9.17, 15) is 13.2 Å². The Balaban J connectivity index is 1.80. The van der Waals surface area contributed by atoms with E-state index in [1.54, 1.807) is 4.90 Å². The highest BCUT2D eigenvalue weighted by Gasteiger charge is 2.36. The second kappa shape index (κ2) is 6.19. The third kappa shape index (κ3) is 3.90. The van der Waals surface area contributed by atoms with Crippen molar-refractivity contribution in [2.75, 3.05) is 37.8 Å². The van der Waals surface area contributed by atoms with Crippen LogP contribution in [0.1, 0.15) is 19.3 Å². The Bertz CT molecular complexity index is 414. The fourth-order valence-electron chi connectivity index (χ4n) is 2.71. The van der Waals surface area contributed by atoms with Gasteiger partial charge in [0.25, 0.3) is 0 Å². The lowest BCUT2D eigenvalue weighted by molar-refractivity contribution is -0.137. The van der Waals surface area contributed by atoms with Crippen molar-refractivity contribution in [2.24, 2.45) is 5.92 Å². The van der Waals surface area contributed by atoms with Crippen LogP contribution in [-0.4, -0.2) is 68.2 Å². The van der Waals surface area contributed by atoms with Crippen LogP contribution in [0, 0.1) is 5.92 Å². The molecular weight excluding hydrogens is 270 g/mol. The second-order valence-corrected chi connectivity index (χ2v) is 7.45. The lowest BCUT2D eigenvalue weighted by atomic mass is 10.0. The van der Waals surface area contributed by atoms with E-state index in [1.165, 1.54) is 0 Å². The summed E-state index contributed by atoms with van der Waals surface area (Å²) in [5.41, 5.74) is 0. The Hall–Kier alpha value is -0.660. The van der Waals surface area contributed by atoms with E-state index in [4.69, 9.17) is 9.84 Å². The zero-order valence-corrected chi connectivity index (χ0v) is 11.8. The number of hydrogen-bond acceptors (Lipinski definition) is 5. The molecule has 0 aliphatic carbocycles. The fourth-order valence-corrected chi connectivity index (χ4v) is 4.44. The molecule has 1 amide bonds. The molecule has 0 spiro atoms. The molecule has 0 radical (unpaired) electrons. The van der Waals surface area contributed by atoms with Gasteiger partial charge in [-0.2, -0.15) is 0 Å². The van der Waals surface area contributed by atoms with Crippen molar-refractivity contribution in [1.29, 1.82) is 0 Å². The van der Waals surface area contributed by atoms with Gasteiger partial charge in [-0.1, -0.05) is 0 Å². The minimum Gasteiger partial charge on any atom is -0.394 e. The maximum atomic E-state index is 12.2. The van der Waals surface area contributed by atoms with Crippen LogP contribution in [-0.2, 0) is 19.4 Å². The van der Waals surface area contributed by atoms with Gasteiger partial charge in [0.2, 0.25) is 5.91 Å². The number of aliphatic hydroxyl groups is 1. The number of amides is 1. The highest BCUT2D eigenvalue weighted by Crippen LogP contribution is 2.23. The van der Waals surface area contributed by atoms with Crippen LogP contribution in [0.3, 0.4) is 0 Å². The predicted molar refractivity (Wildman–Crippen MR) is 69.4 cm³/mol. The van der Waals surface area contributed by atoms with Gasteiger partial charge in [-0.3, -0.25) is 4.79 Å². The number of aliphatic hydroxyl groups excluding tert-OH is 1. The molecule has 1 unspecified atom stereocenters. The Morgan fingerprint density at radius 2 is 1.95 bits per heavy atom. The summed E-state index contributed by atoms with van der Waals surface area (Å²) in [5, 5.41) is 8.68. The summed E-state index contributed by atoms with van der Waals surface area (Å²) in [4.78, 5) is 13.9. The van der Waals surface area contributed by atoms with E-state index in [2.05, 4.69) is 0 Å². The zero-order valence-electron chi connectivity index (χ0n) is 11.0. The first-order valence-electron chi connectivity index (χ1n) is 6.73.